The Morgan fingerprint density at radius 3 is 1.25 bits per heavy atom. The van der Waals surface area contributed by atoms with Crippen molar-refractivity contribution >= 4 is 0 Å². The summed E-state index contributed by atoms with van der Waals surface area (Å²) < 4.78 is 0. The zero-order valence-corrected chi connectivity index (χ0v) is 2.06. The van der Waals surface area contributed by atoms with Crippen molar-refractivity contribution in [1.82, 2.24) is 0 Å². The van der Waals surface area contributed by atoms with Crippen LogP contribution in [0, 0.1) is 10.5 Å². The van der Waals surface area contributed by atoms with Crippen molar-refractivity contribution in [3.8, 4) is 0 Å². The van der Waals surface area contributed by atoms with E-state index in [2.05, 4.69) is 17.3 Å². The van der Waals surface area contributed by atoms with Gasteiger partial charge in [-0.3, -0.25) is 11.7 Å². The summed E-state index contributed by atoms with van der Waals surface area (Å²) in [6.45, 7) is 0. The molecule has 0 atom stereocenters. The van der Waals surface area contributed by atoms with E-state index in [1.165, 1.54) is 0 Å². The van der Waals surface area contributed by atoms with Gasteiger partial charge in [-0.05, 0) is 0 Å². The van der Waals surface area contributed by atoms with Gasteiger partial charge in [-0.25, -0.2) is 0 Å². The largest absolute Gasteiger partial charge is 0.274 e. The van der Waals surface area contributed by atoms with E-state index in [1.807, 2.05) is 0 Å². The maximum absolute atomic E-state index is 7.50. The van der Waals surface area contributed by atoms with Crippen LogP contribution in [0.1, 0.15) is 0 Å². The first-order valence-electron chi connectivity index (χ1n) is 0.537. The summed E-state index contributed by atoms with van der Waals surface area (Å²) in [4.78, 5) is 7.50. The van der Waals surface area contributed by atoms with Crippen molar-refractivity contribution < 1.29 is 0 Å². The van der Waals surface area contributed by atoms with E-state index in [0.29, 0.717) is 0 Å². The molecular formula is H5N3O. The first kappa shape index (κ1) is 9.68. The van der Waals surface area contributed by atoms with Crippen molar-refractivity contribution in [2.75, 3.05) is 0 Å². The highest BCUT2D eigenvalue weighted by Gasteiger charge is 0.726. The average Bonchev–Trinajstić information content (AvgIpc) is 1.50. The monoisotopic (exact) mass is 63.0 g/mol. The van der Waals surface area contributed by atoms with Crippen LogP contribution in [0.3, 0.4) is 0 Å². The highest BCUT2D eigenvalue weighted by molar-refractivity contribution is 3.63. The van der Waals surface area contributed by atoms with Crippen LogP contribution < -0.4 is 11.7 Å². The lowest BCUT2D eigenvalue weighted by Crippen LogP contribution is -2.02. The van der Waals surface area contributed by atoms with Crippen LogP contribution in [0.5, 0.6) is 0 Å². The van der Waals surface area contributed by atoms with Gasteiger partial charge in [0.1, 0.15) is 0 Å². The predicted octanol–water partition coefficient (Wildman–Crippen LogP) is -0.850. The molecule has 0 amide bonds. The average molecular weight is 63.1 g/mol. The smallest absolute Gasteiger partial charge is 0.0850 e. The number of hydrazine groups is 1. The molecule has 0 aliphatic heterocycles. The molecule has 0 saturated carbocycles. The highest BCUT2D eigenvalue weighted by atomic mass is 16.2. The second kappa shape index (κ2) is 25.3. The molecule has 0 aliphatic rings. The van der Waals surface area contributed by atoms with Gasteiger partial charge in [0.15, 0.2) is 0 Å². The molecule has 0 aliphatic carbocycles. The molecule has 0 radical (unpaired) electrons. The van der Waals surface area contributed by atoms with Crippen LogP contribution in [0.25, 0.3) is 0 Å². The molecule has 0 unspecified atom stereocenters. The maximum atomic E-state index is 7.50. The van der Waals surface area contributed by atoms with E-state index in [0.717, 1.165) is 0 Å². The van der Waals surface area contributed by atoms with Gasteiger partial charge in [-0.1, -0.05) is 5.59 Å². The molecule has 5 N–H and O–H groups in total. The molecule has 4 heavy (non-hydrogen) atoms. The summed E-state index contributed by atoms with van der Waals surface area (Å²) in [5.74, 6) is 8.00. The quantitative estimate of drug-likeness (QED) is 0.194. The first-order valence-corrected chi connectivity index (χ1v) is 0.537. The number of nitrogens with one attached hydrogen (secondary N) is 1. The fourth-order valence-corrected chi connectivity index (χ4v) is 0. The fourth-order valence-electron chi connectivity index (χ4n) is 0. The second-order valence-corrected chi connectivity index (χ2v) is 0. The molecule has 0 rings (SSSR count). The van der Waals surface area contributed by atoms with Gasteiger partial charge in [0.2, 0.25) is 0 Å². The lowest BCUT2D eigenvalue weighted by molar-refractivity contribution is 1.26. The van der Waals surface area contributed by atoms with Crippen LogP contribution >= 0.6 is 0 Å². The van der Waals surface area contributed by atoms with Crippen LogP contribution in [-0.4, -0.2) is 0 Å². The van der Waals surface area contributed by atoms with Gasteiger partial charge < -0.3 is 0 Å². The van der Waals surface area contributed by atoms with E-state index < -0.39 is 0 Å². The summed E-state index contributed by atoms with van der Waals surface area (Å²) in [7, 11) is 0. The van der Waals surface area contributed by atoms with E-state index in [1.54, 1.807) is 0 Å². The van der Waals surface area contributed by atoms with E-state index in [4.69, 9.17) is 4.91 Å². The van der Waals surface area contributed by atoms with E-state index >= 15 is 0 Å². The van der Waals surface area contributed by atoms with E-state index in [-0.39, 0.29) is 0 Å². The van der Waals surface area contributed by atoms with E-state index in [9.17, 15) is 0 Å². The van der Waals surface area contributed by atoms with Crippen LogP contribution in [0.4, 0.5) is 0 Å². The Bertz CT molecular complexity index is 3.25. The fraction of sp³-hybridized carbons (Fsp3) is 0. The summed E-state index contributed by atoms with van der Waals surface area (Å²) >= 11 is 0. The molecule has 26 valence electrons. The summed E-state index contributed by atoms with van der Waals surface area (Å²) in [6, 6.07) is 0. The predicted molar refractivity (Wildman–Crippen MR) is 14.5 cm³/mol. The third-order valence-electron chi connectivity index (χ3n) is 0. The minimum atomic E-state index is 4.00. The van der Waals surface area contributed by atoms with Crippen molar-refractivity contribution in [3.05, 3.63) is 4.91 Å². The molecule has 0 fully saturated rings. The summed E-state index contributed by atoms with van der Waals surface area (Å²) in [6.07, 6.45) is 0. The standard InChI is InChI=1S/H4N2.HNO/c2*1-2/h1-2H2;1H. The van der Waals surface area contributed by atoms with Crippen molar-refractivity contribution in [1.29, 1.82) is 5.59 Å². The molecule has 0 aromatic rings. The molecule has 0 heterocycles. The number of nitrogens with two attached hydrogens (primary N) is 2. The van der Waals surface area contributed by atoms with Gasteiger partial charge in [-0.2, -0.15) is 4.91 Å². The third-order valence-corrected chi connectivity index (χ3v) is 0. The van der Waals surface area contributed by atoms with Crippen LogP contribution in [0.2, 0.25) is 0 Å². The van der Waals surface area contributed by atoms with Gasteiger partial charge in [0, 0.05) is 0 Å². The normalized spacial score (nSPS) is 2.50. The van der Waals surface area contributed by atoms with Gasteiger partial charge >= 0.3 is 0 Å². The maximum Gasteiger partial charge on any atom is -0.0850 e. The van der Waals surface area contributed by atoms with Crippen molar-refractivity contribution in [3.63, 3.8) is 0 Å². The minimum Gasteiger partial charge on any atom is -0.274 e. The Labute approximate surface area is 23.5 Å². The Balaban J connectivity index is 0. The van der Waals surface area contributed by atoms with Crippen LogP contribution in [0.15, 0.2) is 0 Å². The van der Waals surface area contributed by atoms with Crippen LogP contribution in [-0.2, 0) is 0 Å². The zero-order chi connectivity index (χ0) is 4.00. The number of hydrogen-bond donors (Lipinski definition) is 3. The molecule has 4 nitrogen and oxygen atoms in total. The second-order valence-electron chi connectivity index (χ2n) is 0. The Morgan fingerprint density at radius 1 is 1.25 bits per heavy atom. The Morgan fingerprint density at radius 2 is 1.25 bits per heavy atom. The van der Waals surface area contributed by atoms with Crippen molar-refractivity contribution in [2.45, 2.75) is 0 Å². The molecular weight excluding hydrogens is 58.0 g/mol. The minimum absolute atomic E-state index is 4.00. The lowest BCUT2D eigenvalue weighted by atomic mass is 13.0. The summed E-state index contributed by atoms with van der Waals surface area (Å²) in [5, 5.41) is 0. The van der Waals surface area contributed by atoms with Crippen molar-refractivity contribution in [2.24, 2.45) is 11.7 Å². The first-order chi connectivity index (χ1) is 2.00. The summed E-state index contributed by atoms with van der Waals surface area (Å²) in [5.41, 5.74) is 4.50. The Kier molecular flexibility index (Phi) is 61.1. The molecule has 0 aromatic carbocycles. The number of rotatable bonds is 0. The van der Waals surface area contributed by atoms with Gasteiger partial charge in [0.25, 0.3) is 0 Å². The lowest BCUT2D eigenvalue weighted by Gasteiger charge is -1.27. The molecule has 0 saturated heterocycles. The molecule has 0 spiro atoms. The molecule has 0 bridgehead atoms. The third kappa shape index (κ3) is 1.78. The Hall–Kier alpha value is -0.480. The highest BCUT2D eigenvalue weighted by Crippen LogP contribution is 0.766. The number of nitroso groups, excluding NO2 is 1. The van der Waals surface area contributed by atoms with Gasteiger partial charge in [-0.15, -0.1) is 0 Å². The zero-order valence-electron chi connectivity index (χ0n) is 2.06. The topological polar surface area (TPSA) is 93.0 Å². The number of hydrogen-bond acceptors (Lipinski definition) is 4. The van der Waals surface area contributed by atoms with Gasteiger partial charge in [0.05, 0.1) is 0 Å². The molecule has 4 heteroatoms. The SMILES string of the molecule is N=O.NN. The molecule has 0 aromatic heterocycles.